The summed E-state index contributed by atoms with van der Waals surface area (Å²) in [6, 6.07) is 1.67. The second kappa shape index (κ2) is 3.13. The topological polar surface area (TPSA) is 38.8 Å². The Morgan fingerprint density at radius 2 is 1.64 bits per heavy atom. The third kappa shape index (κ3) is 1.34. The number of hydrogen-bond donors (Lipinski definition) is 0. The van der Waals surface area contributed by atoms with Gasteiger partial charge in [0.1, 0.15) is 5.70 Å². The fraction of sp³-hybridized carbons (Fsp3) is 0. The average molecular weight is 198 g/mol. The van der Waals surface area contributed by atoms with Crippen LogP contribution in [0.3, 0.4) is 0 Å². The molecular weight excluding hydrogens is 195 g/mol. The Balaban J connectivity index is 2.50. The lowest BCUT2D eigenvalue weighted by Crippen LogP contribution is -1.93. The van der Waals surface area contributed by atoms with Crippen molar-refractivity contribution in [1.82, 2.24) is 5.43 Å². The quantitative estimate of drug-likeness (QED) is 0.621. The summed E-state index contributed by atoms with van der Waals surface area (Å²) in [6.45, 7) is 0. The molecule has 0 fully saturated rings. The summed E-state index contributed by atoms with van der Waals surface area (Å²) in [5.74, 6) is -4.02. The minimum Gasteiger partial charge on any atom is -0.204 e. The Morgan fingerprint density at radius 1 is 1.00 bits per heavy atom. The van der Waals surface area contributed by atoms with Gasteiger partial charge >= 0.3 is 0 Å². The van der Waals surface area contributed by atoms with E-state index in [1.54, 1.807) is 0 Å². The van der Waals surface area contributed by atoms with Gasteiger partial charge in [-0.15, -0.1) is 10.5 Å². The highest BCUT2D eigenvalue weighted by atomic mass is 19.2. The maximum Gasteiger partial charge on any atom is 0.194 e. The van der Waals surface area contributed by atoms with Gasteiger partial charge in [0.2, 0.25) is 0 Å². The van der Waals surface area contributed by atoms with Gasteiger partial charge in [-0.1, -0.05) is 0 Å². The van der Waals surface area contributed by atoms with Crippen molar-refractivity contribution in [2.75, 3.05) is 0 Å². The SMILES string of the molecule is Fc1cc(C2=C[N]N=N2)cc(F)c1F. The molecule has 0 saturated heterocycles. The van der Waals surface area contributed by atoms with E-state index in [0.717, 1.165) is 12.1 Å². The van der Waals surface area contributed by atoms with Crippen LogP contribution in [0, 0.1) is 17.5 Å². The summed E-state index contributed by atoms with van der Waals surface area (Å²) >= 11 is 0. The normalized spacial score (nSPS) is 14.1. The number of halogens is 3. The zero-order valence-electron chi connectivity index (χ0n) is 6.71. The van der Waals surface area contributed by atoms with Crippen LogP contribution in [0.1, 0.15) is 5.56 Å². The second-order valence-electron chi connectivity index (χ2n) is 2.57. The molecule has 1 aromatic carbocycles. The zero-order valence-corrected chi connectivity index (χ0v) is 6.71. The van der Waals surface area contributed by atoms with Gasteiger partial charge in [0.15, 0.2) is 17.5 Å². The Kier molecular flexibility index (Phi) is 1.95. The van der Waals surface area contributed by atoms with Crippen molar-refractivity contribution in [2.24, 2.45) is 10.3 Å². The van der Waals surface area contributed by atoms with Crippen molar-refractivity contribution < 1.29 is 13.2 Å². The van der Waals surface area contributed by atoms with Crippen LogP contribution in [0.5, 0.6) is 0 Å². The van der Waals surface area contributed by atoms with Crippen LogP contribution >= 0.6 is 0 Å². The number of hydrogen-bond acceptors (Lipinski definition) is 2. The Labute approximate surface area is 76.9 Å². The molecule has 1 aromatic rings. The predicted molar refractivity (Wildman–Crippen MR) is 41.3 cm³/mol. The minimum atomic E-state index is -1.50. The molecule has 0 aliphatic carbocycles. The summed E-state index contributed by atoms with van der Waals surface area (Å²) in [5.41, 5.74) is 3.68. The molecule has 0 atom stereocenters. The lowest BCUT2D eigenvalue weighted by molar-refractivity contribution is 0.446. The first-order valence-corrected chi connectivity index (χ1v) is 3.64. The molecule has 2 rings (SSSR count). The fourth-order valence-corrected chi connectivity index (χ4v) is 1.02. The van der Waals surface area contributed by atoms with Crippen LogP contribution in [0.25, 0.3) is 5.70 Å². The van der Waals surface area contributed by atoms with Gasteiger partial charge in [0.05, 0.1) is 6.20 Å². The highest BCUT2D eigenvalue weighted by Gasteiger charge is 2.14. The highest BCUT2D eigenvalue weighted by molar-refractivity contribution is 5.64. The van der Waals surface area contributed by atoms with Gasteiger partial charge in [0.25, 0.3) is 0 Å². The van der Waals surface area contributed by atoms with Gasteiger partial charge < -0.3 is 0 Å². The third-order valence-corrected chi connectivity index (χ3v) is 1.66. The van der Waals surface area contributed by atoms with E-state index in [9.17, 15) is 13.2 Å². The van der Waals surface area contributed by atoms with E-state index in [-0.39, 0.29) is 11.3 Å². The van der Waals surface area contributed by atoms with E-state index >= 15 is 0 Å². The first-order chi connectivity index (χ1) is 6.68. The van der Waals surface area contributed by atoms with E-state index in [0.29, 0.717) is 0 Å². The molecule has 14 heavy (non-hydrogen) atoms. The smallest absolute Gasteiger partial charge is 0.194 e. The van der Waals surface area contributed by atoms with E-state index in [2.05, 4.69) is 15.8 Å². The van der Waals surface area contributed by atoms with Crippen LogP contribution in [0.2, 0.25) is 0 Å². The first-order valence-electron chi connectivity index (χ1n) is 3.64. The zero-order chi connectivity index (χ0) is 10.1. The standard InChI is InChI=1S/C8H3F3N3/c9-5-1-4(2-6(10)8(5)11)7-3-12-14-13-7/h1-3H. The largest absolute Gasteiger partial charge is 0.204 e. The van der Waals surface area contributed by atoms with Crippen LogP contribution in [-0.2, 0) is 0 Å². The molecule has 1 heterocycles. The molecule has 3 nitrogen and oxygen atoms in total. The predicted octanol–water partition coefficient (Wildman–Crippen LogP) is 2.39. The van der Waals surface area contributed by atoms with E-state index < -0.39 is 17.5 Å². The van der Waals surface area contributed by atoms with Crippen molar-refractivity contribution in [1.29, 1.82) is 0 Å². The molecule has 0 saturated carbocycles. The number of benzene rings is 1. The molecule has 0 unspecified atom stereocenters. The maximum absolute atomic E-state index is 12.7. The summed E-state index contributed by atoms with van der Waals surface area (Å²) < 4.78 is 38.0. The first kappa shape index (κ1) is 8.74. The van der Waals surface area contributed by atoms with E-state index in [4.69, 9.17) is 0 Å². The Morgan fingerprint density at radius 3 is 2.14 bits per heavy atom. The molecule has 0 amide bonds. The molecule has 0 aromatic heterocycles. The van der Waals surface area contributed by atoms with Gasteiger partial charge in [-0.3, -0.25) is 0 Å². The van der Waals surface area contributed by atoms with Crippen molar-refractivity contribution in [2.45, 2.75) is 0 Å². The molecule has 1 aliphatic heterocycles. The average Bonchev–Trinajstić information content (AvgIpc) is 2.66. The van der Waals surface area contributed by atoms with Crippen LogP contribution in [0.4, 0.5) is 13.2 Å². The molecule has 0 bridgehead atoms. The molecule has 0 spiro atoms. The number of rotatable bonds is 1. The van der Waals surface area contributed by atoms with Crippen molar-refractivity contribution in [3.8, 4) is 0 Å². The fourth-order valence-electron chi connectivity index (χ4n) is 1.02. The third-order valence-electron chi connectivity index (χ3n) is 1.66. The van der Waals surface area contributed by atoms with E-state index in [1.807, 2.05) is 0 Å². The van der Waals surface area contributed by atoms with Crippen molar-refractivity contribution >= 4 is 5.70 Å². The number of nitrogens with zero attached hydrogens (tertiary/aromatic N) is 3. The highest BCUT2D eigenvalue weighted by Crippen LogP contribution is 2.22. The summed E-state index contributed by atoms with van der Waals surface area (Å²) in [5, 5.41) is 6.72. The molecule has 6 heteroatoms. The minimum absolute atomic E-state index is 0.103. The van der Waals surface area contributed by atoms with E-state index in [1.165, 1.54) is 6.20 Å². The summed E-state index contributed by atoms with van der Waals surface area (Å²) in [4.78, 5) is 0. The van der Waals surface area contributed by atoms with Crippen LogP contribution in [0.15, 0.2) is 28.7 Å². The lowest BCUT2D eigenvalue weighted by atomic mass is 10.1. The molecule has 1 radical (unpaired) electrons. The molecule has 1 aliphatic rings. The molecular formula is C8H3F3N3. The van der Waals surface area contributed by atoms with Crippen LogP contribution < -0.4 is 5.43 Å². The molecule has 71 valence electrons. The van der Waals surface area contributed by atoms with Gasteiger partial charge in [-0.2, -0.15) is 0 Å². The summed E-state index contributed by atoms with van der Waals surface area (Å²) in [6.07, 6.45) is 1.23. The van der Waals surface area contributed by atoms with Gasteiger partial charge in [-0.05, 0) is 17.4 Å². The van der Waals surface area contributed by atoms with Gasteiger partial charge in [-0.25, -0.2) is 13.2 Å². The molecule has 0 N–H and O–H groups in total. The van der Waals surface area contributed by atoms with Crippen molar-refractivity contribution in [3.05, 3.63) is 41.3 Å². The maximum atomic E-state index is 12.7. The second-order valence-corrected chi connectivity index (χ2v) is 2.57. The monoisotopic (exact) mass is 198 g/mol. The Bertz CT molecular complexity index is 416. The Hall–Kier alpha value is -1.85. The van der Waals surface area contributed by atoms with Crippen LogP contribution in [-0.4, -0.2) is 0 Å². The lowest BCUT2D eigenvalue weighted by Gasteiger charge is -1.99. The van der Waals surface area contributed by atoms with Gasteiger partial charge in [0, 0.05) is 5.56 Å². The summed E-state index contributed by atoms with van der Waals surface area (Å²) in [7, 11) is 0. The van der Waals surface area contributed by atoms with Crippen molar-refractivity contribution in [3.63, 3.8) is 0 Å².